The maximum atomic E-state index is 14.7. The van der Waals surface area contributed by atoms with Gasteiger partial charge in [-0.05, 0) is 67.4 Å². The van der Waals surface area contributed by atoms with Crippen molar-refractivity contribution in [1.29, 1.82) is 0 Å². The molecule has 0 aromatic heterocycles. The largest absolute Gasteiger partial charge is 0.398 e. The fourth-order valence-electron chi connectivity index (χ4n) is 5.53. The zero-order valence-corrected chi connectivity index (χ0v) is 24.6. The van der Waals surface area contributed by atoms with Crippen molar-refractivity contribution in [2.75, 3.05) is 50.0 Å². The van der Waals surface area contributed by atoms with Gasteiger partial charge < -0.3 is 20.3 Å². The van der Waals surface area contributed by atoms with E-state index in [9.17, 15) is 9.59 Å². The summed E-state index contributed by atoms with van der Waals surface area (Å²) in [5.74, 6) is 5.46. The molecule has 1 fully saturated rings. The van der Waals surface area contributed by atoms with E-state index in [4.69, 9.17) is 33.7 Å². The van der Waals surface area contributed by atoms with Gasteiger partial charge in [0.25, 0.3) is 11.8 Å². The molecule has 0 radical (unpaired) electrons. The van der Waals surface area contributed by atoms with Crippen LogP contribution in [0, 0.1) is 11.8 Å². The minimum Gasteiger partial charge on any atom is -0.398 e. The summed E-state index contributed by atoms with van der Waals surface area (Å²) in [6, 6.07) is 16.2. The molecule has 2 amide bonds. The van der Waals surface area contributed by atoms with Gasteiger partial charge in [0.1, 0.15) is 6.04 Å². The summed E-state index contributed by atoms with van der Waals surface area (Å²) in [5, 5.41) is 1.03. The van der Waals surface area contributed by atoms with Gasteiger partial charge in [-0.25, -0.2) is 0 Å². The molecular weight excluding hydrogens is 559 g/mol. The Balaban J connectivity index is 1.67. The maximum Gasteiger partial charge on any atom is 0.257 e. The van der Waals surface area contributed by atoms with Crippen molar-refractivity contribution < 1.29 is 14.3 Å². The van der Waals surface area contributed by atoms with Crippen LogP contribution < -0.4 is 10.6 Å². The Morgan fingerprint density at radius 2 is 1.68 bits per heavy atom. The Morgan fingerprint density at radius 3 is 2.37 bits per heavy atom. The molecule has 2 atom stereocenters. The summed E-state index contributed by atoms with van der Waals surface area (Å²) in [6.45, 7) is 7.58. The molecule has 2 heterocycles. The standard InChI is InChI=1S/C32H32Cl2N4O3/c1-3-4-22-5-12-29-27(19-22)31(39)38(21(2)26-11-10-25(34)20-28(26)35)30(23-6-8-24(33)9-7-23)32(40)37(29)14-13-36-15-17-41-18-16-36/h5-12,19-21,30H,13-18,35H2,1-2H3/t21-,30?/m1/s1. The van der Waals surface area contributed by atoms with E-state index in [0.717, 1.165) is 13.1 Å². The molecule has 9 heteroatoms. The highest BCUT2D eigenvalue weighted by Gasteiger charge is 2.43. The number of nitrogen functional groups attached to an aromatic ring is 1. The van der Waals surface area contributed by atoms with Crippen LogP contribution in [0.4, 0.5) is 11.4 Å². The molecule has 212 valence electrons. The smallest absolute Gasteiger partial charge is 0.257 e. The molecule has 1 saturated heterocycles. The molecule has 3 aromatic rings. The summed E-state index contributed by atoms with van der Waals surface area (Å²) >= 11 is 12.4. The van der Waals surface area contributed by atoms with E-state index in [0.29, 0.717) is 70.0 Å². The molecule has 5 rings (SSSR count). The molecule has 0 aliphatic carbocycles. The number of nitrogens with two attached hydrogens (primary N) is 1. The van der Waals surface area contributed by atoms with E-state index in [2.05, 4.69) is 16.7 Å². The molecule has 2 N–H and O–H groups in total. The van der Waals surface area contributed by atoms with Crippen molar-refractivity contribution in [2.24, 2.45) is 0 Å². The monoisotopic (exact) mass is 590 g/mol. The molecule has 0 saturated carbocycles. The Labute approximate surface area is 250 Å². The lowest BCUT2D eigenvalue weighted by molar-refractivity contribution is -0.123. The van der Waals surface area contributed by atoms with Gasteiger partial charge in [-0.2, -0.15) is 0 Å². The lowest BCUT2D eigenvalue weighted by Gasteiger charge is -2.36. The summed E-state index contributed by atoms with van der Waals surface area (Å²) in [4.78, 5) is 34.9. The van der Waals surface area contributed by atoms with Gasteiger partial charge >= 0.3 is 0 Å². The number of anilines is 2. The lowest BCUT2D eigenvalue weighted by atomic mass is 9.97. The first-order chi connectivity index (χ1) is 19.8. The predicted molar refractivity (Wildman–Crippen MR) is 163 cm³/mol. The maximum absolute atomic E-state index is 14.7. The van der Waals surface area contributed by atoms with Crippen LogP contribution in [0.1, 0.15) is 53.0 Å². The highest BCUT2D eigenvalue weighted by Crippen LogP contribution is 2.41. The second kappa shape index (κ2) is 12.5. The summed E-state index contributed by atoms with van der Waals surface area (Å²) < 4.78 is 5.51. The first-order valence-electron chi connectivity index (χ1n) is 13.6. The number of nitrogens with zero attached hydrogens (tertiary/aromatic N) is 3. The van der Waals surface area contributed by atoms with Gasteiger partial charge in [0.15, 0.2) is 0 Å². The average Bonchev–Trinajstić information content (AvgIpc) is 3.05. The van der Waals surface area contributed by atoms with Crippen molar-refractivity contribution in [3.8, 4) is 11.8 Å². The van der Waals surface area contributed by atoms with Crippen LogP contribution in [-0.4, -0.2) is 61.0 Å². The zero-order valence-electron chi connectivity index (χ0n) is 23.1. The summed E-state index contributed by atoms with van der Waals surface area (Å²) in [7, 11) is 0. The molecule has 2 aliphatic rings. The molecule has 0 bridgehead atoms. The predicted octanol–water partition coefficient (Wildman–Crippen LogP) is 5.57. The highest BCUT2D eigenvalue weighted by atomic mass is 35.5. The van der Waals surface area contributed by atoms with Gasteiger partial charge in [-0.1, -0.05) is 47.3 Å². The van der Waals surface area contributed by atoms with Crippen LogP contribution in [0.2, 0.25) is 10.0 Å². The van der Waals surface area contributed by atoms with Crippen molar-refractivity contribution in [1.82, 2.24) is 9.80 Å². The van der Waals surface area contributed by atoms with E-state index in [1.165, 1.54) is 0 Å². The van der Waals surface area contributed by atoms with Crippen LogP contribution in [0.15, 0.2) is 60.7 Å². The number of ether oxygens (including phenoxy) is 1. The van der Waals surface area contributed by atoms with Crippen molar-refractivity contribution in [3.05, 3.63) is 93.0 Å². The topological polar surface area (TPSA) is 79.1 Å². The van der Waals surface area contributed by atoms with Crippen LogP contribution in [-0.2, 0) is 9.53 Å². The minimum absolute atomic E-state index is 0.207. The van der Waals surface area contributed by atoms with Crippen LogP contribution in [0.3, 0.4) is 0 Å². The van der Waals surface area contributed by atoms with E-state index < -0.39 is 12.1 Å². The van der Waals surface area contributed by atoms with Crippen molar-refractivity contribution in [2.45, 2.75) is 25.9 Å². The average molecular weight is 592 g/mol. The highest BCUT2D eigenvalue weighted by molar-refractivity contribution is 6.31. The fraction of sp³-hybridized carbons (Fsp3) is 0.312. The second-order valence-electron chi connectivity index (χ2n) is 10.2. The lowest BCUT2D eigenvalue weighted by Crippen LogP contribution is -2.47. The SMILES string of the molecule is CC#Cc1ccc2c(c1)C(=O)N([C@H](C)c1ccc(Cl)cc1N)C(c1ccc(Cl)cc1)C(=O)N2CCN1CCOCC1. The van der Waals surface area contributed by atoms with Crippen LogP contribution >= 0.6 is 23.2 Å². The van der Waals surface area contributed by atoms with Crippen LogP contribution in [0.5, 0.6) is 0 Å². The number of fused-ring (bicyclic) bond motifs is 1. The van der Waals surface area contributed by atoms with Crippen molar-refractivity contribution in [3.63, 3.8) is 0 Å². The summed E-state index contributed by atoms with van der Waals surface area (Å²) in [5.41, 5.74) is 9.87. The molecule has 0 spiro atoms. The molecule has 41 heavy (non-hydrogen) atoms. The molecule has 7 nitrogen and oxygen atoms in total. The number of benzene rings is 3. The molecule has 1 unspecified atom stereocenters. The van der Waals surface area contributed by atoms with E-state index in [1.54, 1.807) is 65.3 Å². The van der Waals surface area contributed by atoms with Gasteiger partial charge in [-0.15, -0.1) is 5.92 Å². The number of morpholine rings is 1. The molecular formula is C32H32Cl2N4O3. The van der Waals surface area contributed by atoms with Gasteiger partial charge in [0, 0.05) is 47.5 Å². The number of amides is 2. The summed E-state index contributed by atoms with van der Waals surface area (Å²) in [6.07, 6.45) is 0. The quantitative estimate of drug-likeness (QED) is 0.300. The van der Waals surface area contributed by atoms with E-state index >= 15 is 0 Å². The normalized spacial score (nSPS) is 18.4. The minimum atomic E-state index is -0.928. The molecule has 2 aliphatic heterocycles. The number of halogens is 2. The van der Waals surface area contributed by atoms with Crippen molar-refractivity contribution >= 4 is 46.4 Å². The number of carbonyl (C=O) groups is 2. The first-order valence-corrected chi connectivity index (χ1v) is 14.4. The Kier molecular flexibility index (Phi) is 8.86. The number of hydrogen-bond donors (Lipinski definition) is 1. The zero-order chi connectivity index (χ0) is 29.1. The fourth-order valence-corrected chi connectivity index (χ4v) is 5.83. The third-order valence-electron chi connectivity index (χ3n) is 7.65. The third kappa shape index (κ3) is 6.07. The number of carbonyl (C=O) groups excluding carboxylic acids is 2. The Morgan fingerprint density at radius 1 is 0.976 bits per heavy atom. The van der Waals surface area contributed by atoms with Gasteiger partial charge in [0.05, 0.1) is 30.5 Å². The van der Waals surface area contributed by atoms with E-state index in [1.807, 2.05) is 19.1 Å². The molecule has 3 aromatic carbocycles. The number of rotatable bonds is 6. The van der Waals surface area contributed by atoms with Gasteiger partial charge in [-0.3, -0.25) is 14.5 Å². The Bertz CT molecular complexity index is 1510. The van der Waals surface area contributed by atoms with Gasteiger partial charge in [0.2, 0.25) is 0 Å². The third-order valence-corrected chi connectivity index (χ3v) is 8.13. The second-order valence-corrected chi connectivity index (χ2v) is 11.0. The number of hydrogen-bond acceptors (Lipinski definition) is 5. The first kappa shape index (κ1) is 29.0. The van der Waals surface area contributed by atoms with Crippen LogP contribution in [0.25, 0.3) is 0 Å². The van der Waals surface area contributed by atoms with E-state index in [-0.39, 0.29) is 11.8 Å². The Hall–Kier alpha value is -3.54.